The summed E-state index contributed by atoms with van der Waals surface area (Å²) >= 11 is 4.33. The maximum Gasteiger partial charge on any atom is 0.460 e. The summed E-state index contributed by atoms with van der Waals surface area (Å²) < 4.78 is 224. The van der Waals surface area contributed by atoms with Crippen molar-refractivity contribution < 1.29 is 74.6 Å². The van der Waals surface area contributed by atoms with Crippen molar-refractivity contribution in [3.8, 4) is 0 Å². The van der Waals surface area contributed by atoms with Crippen molar-refractivity contribution in [2.45, 2.75) is 47.6 Å². The highest BCUT2D eigenvalue weighted by molar-refractivity contribution is 7.80. The van der Waals surface area contributed by atoms with Crippen molar-refractivity contribution in [3.05, 3.63) is 30.3 Å². The van der Waals surface area contributed by atoms with Crippen molar-refractivity contribution in [2.75, 3.05) is 11.9 Å². The lowest BCUT2D eigenvalue weighted by atomic mass is 9.89. The third-order valence-corrected chi connectivity index (χ3v) is 4.54. The summed E-state index contributed by atoms with van der Waals surface area (Å²) in [5.41, 5.74) is -0.0330. The molecule has 20 heteroatoms. The minimum Gasteiger partial charge on any atom is -0.356 e. The van der Waals surface area contributed by atoms with E-state index < -0.39 is 59.3 Å². The predicted octanol–water partition coefficient (Wildman–Crippen LogP) is 6.98. The van der Waals surface area contributed by atoms with Crippen LogP contribution in [0.2, 0.25) is 0 Å². The summed E-state index contributed by atoms with van der Waals surface area (Å²) in [7, 11) is 0. The second-order valence-electron chi connectivity index (χ2n) is 6.82. The highest BCUT2D eigenvalue weighted by Crippen LogP contribution is 2.63. The van der Waals surface area contributed by atoms with Gasteiger partial charge in [0.1, 0.15) is 0 Å². The average molecular weight is 584 g/mol. The zero-order chi connectivity index (χ0) is 28.8. The molecule has 2 N–H and O–H groups in total. The van der Waals surface area contributed by atoms with E-state index in [0.717, 1.165) is 5.32 Å². The third-order valence-electron chi connectivity index (χ3n) is 4.29. The largest absolute Gasteiger partial charge is 0.460 e. The van der Waals surface area contributed by atoms with E-state index in [1.54, 1.807) is 0 Å². The highest BCUT2D eigenvalue weighted by atomic mass is 32.1. The van der Waals surface area contributed by atoms with E-state index >= 15 is 0 Å². The summed E-state index contributed by atoms with van der Waals surface area (Å²) in [6, 6.07) is 6.43. The molecule has 0 amide bonds. The van der Waals surface area contributed by atoms with Gasteiger partial charge >= 0.3 is 47.6 Å². The van der Waals surface area contributed by atoms with Gasteiger partial charge in [-0.15, -0.1) is 0 Å². The maximum atomic E-state index is 13.8. The molecular formula is C16H9F17N2S. The van der Waals surface area contributed by atoms with Crippen LogP contribution >= 0.6 is 12.2 Å². The molecule has 0 unspecified atom stereocenters. The average Bonchev–Trinajstić information content (AvgIpc) is 2.71. The molecule has 0 atom stereocenters. The van der Waals surface area contributed by atoms with Crippen LogP contribution in [0.3, 0.4) is 0 Å². The molecule has 208 valence electrons. The van der Waals surface area contributed by atoms with Crippen molar-refractivity contribution >= 4 is 23.0 Å². The Bertz CT molecular complexity index is 926. The Morgan fingerprint density at radius 3 is 1.31 bits per heavy atom. The molecule has 0 heterocycles. The molecule has 0 radical (unpaired) electrons. The lowest BCUT2D eigenvalue weighted by Gasteiger charge is -2.42. The zero-order valence-corrected chi connectivity index (χ0v) is 17.2. The van der Waals surface area contributed by atoms with Crippen molar-refractivity contribution in [1.29, 1.82) is 0 Å². The van der Waals surface area contributed by atoms with Gasteiger partial charge in [0, 0.05) is 5.69 Å². The molecular weight excluding hydrogens is 575 g/mol. The minimum atomic E-state index is -8.65. The zero-order valence-electron chi connectivity index (χ0n) is 16.4. The fourth-order valence-corrected chi connectivity index (χ4v) is 2.39. The van der Waals surface area contributed by atoms with Crippen LogP contribution in [0, 0.1) is 0 Å². The molecule has 36 heavy (non-hydrogen) atoms. The van der Waals surface area contributed by atoms with Crippen LogP contribution in [0.5, 0.6) is 0 Å². The van der Waals surface area contributed by atoms with Gasteiger partial charge in [-0.25, -0.2) is 0 Å². The van der Waals surface area contributed by atoms with Gasteiger partial charge in [-0.05, 0) is 24.4 Å². The van der Waals surface area contributed by atoms with Gasteiger partial charge in [0.25, 0.3) is 0 Å². The summed E-state index contributed by atoms with van der Waals surface area (Å²) in [5.74, 6) is -56.6. The Labute approximate surface area is 193 Å². The molecule has 0 aliphatic carbocycles. The van der Waals surface area contributed by atoms with Gasteiger partial charge in [0.05, 0.1) is 6.54 Å². The summed E-state index contributed by atoms with van der Waals surface area (Å²) in [6.07, 6.45) is -7.79. The van der Waals surface area contributed by atoms with Gasteiger partial charge in [-0.3, -0.25) is 0 Å². The number of para-hydroxylation sites is 1. The molecule has 0 saturated heterocycles. The fourth-order valence-electron chi connectivity index (χ4n) is 2.20. The lowest BCUT2D eigenvalue weighted by molar-refractivity contribution is -0.461. The Kier molecular flexibility index (Phi) is 8.14. The number of rotatable bonds is 9. The number of alkyl halides is 17. The van der Waals surface area contributed by atoms with E-state index in [1.165, 1.54) is 30.3 Å². The van der Waals surface area contributed by atoms with Gasteiger partial charge in [-0.2, -0.15) is 74.6 Å². The number of thiocarbonyl (C=S) groups is 1. The van der Waals surface area contributed by atoms with E-state index in [1.807, 2.05) is 5.32 Å². The van der Waals surface area contributed by atoms with Crippen LogP contribution in [0.25, 0.3) is 0 Å². The molecule has 0 bridgehead atoms. The summed E-state index contributed by atoms with van der Waals surface area (Å²) in [4.78, 5) is 0. The number of nitrogens with one attached hydrogen (secondary N) is 2. The fraction of sp³-hybridized carbons (Fsp3) is 0.562. The van der Waals surface area contributed by atoms with Gasteiger partial charge in [-0.1, -0.05) is 18.2 Å². The van der Waals surface area contributed by atoms with Gasteiger partial charge in [0.2, 0.25) is 0 Å². The number of halogens is 17. The van der Waals surface area contributed by atoms with Crippen LogP contribution in [-0.2, 0) is 0 Å². The molecule has 0 aromatic heterocycles. The van der Waals surface area contributed by atoms with E-state index in [0.29, 0.717) is 0 Å². The molecule has 1 rings (SSSR count). The standard InChI is InChI=1S/C16H9F17N2S/c17-9(18,6-34-8(36)35-7-4-2-1-3-5-7)10(19,20)11(21,22)12(23,24)13(25,26)14(27,28)15(29,30)16(31,32)33/h1-5H,6H2,(H2,34,35,36). The molecule has 0 saturated carbocycles. The quantitative estimate of drug-likeness (QED) is 0.242. The predicted molar refractivity (Wildman–Crippen MR) is 91.3 cm³/mol. The van der Waals surface area contributed by atoms with Crippen LogP contribution in [-0.4, -0.2) is 59.3 Å². The molecule has 0 aliphatic heterocycles. The highest BCUT2D eigenvalue weighted by Gasteiger charge is 2.95. The minimum absolute atomic E-state index is 0.0330. The number of benzene rings is 1. The smallest absolute Gasteiger partial charge is 0.356 e. The Morgan fingerprint density at radius 1 is 0.556 bits per heavy atom. The first-order valence-corrected chi connectivity index (χ1v) is 8.94. The van der Waals surface area contributed by atoms with Crippen LogP contribution < -0.4 is 10.6 Å². The lowest BCUT2D eigenvalue weighted by Crippen LogP contribution is -2.75. The molecule has 1 aromatic rings. The van der Waals surface area contributed by atoms with E-state index in [4.69, 9.17) is 0 Å². The Balaban J connectivity index is 3.33. The number of anilines is 1. The van der Waals surface area contributed by atoms with E-state index in [9.17, 15) is 74.6 Å². The first-order chi connectivity index (χ1) is 15.7. The number of hydrogen-bond acceptors (Lipinski definition) is 1. The normalized spacial score (nSPS) is 15.0. The molecule has 2 nitrogen and oxygen atoms in total. The third kappa shape index (κ3) is 4.83. The van der Waals surface area contributed by atoms with Crippen molar-refractivity contribution in [3.63, 3.8) is 0 Å². The van der Waals surface area contributed by atoms with Gasteiger partial charge in [0.15, 0.2) is 5.11 Å². The van der Waals surface area contributed by atoms with Crippen LogP contribution in [0.1, 0.15) is 0 Å². The summed E-state index contributed by atoms with van der Waals surface area (Å²) in [6.45, 7) is -2.86. The topological polar surface area (TPSA) is 24.1 Å². The van der Waals surface area contributed by atoms with Gasteiger partial charge < -0.3 is 10.6 Å². The molecule has 1 aromatic carbocycles. The second-order valence-corrected chi connectivity index (χ2v) is 7.23. The monoisotopic (exact) mass is 584 g/mol. The van der Waals surface area contributed by atoms with Crippen LogP contribution in [0.15, 0.2) is 30.3 Å². The van der Waals surface area contributed by atoms with E-state index in [2.05, 4.69) is 12.2 Å². The summed E-state index contributed by atoms with van der Waals surface area (Å²) in [5, 5.41) is 2.07. The molecule has 0 aliphatic rings. The Hall–Kier alpha value is -2.28. The van der Waals surface area contributed by atoms with Crippen molar-refractivity contribution in [1.82, 2.24) is 5.32 Å². The SMILES string of the molecule is FC(F)(F)C(F)(F)C(F)(F)C(F)(F)C(F)(F)C(F)(F)C(F)(F)C(F)(F)CNC(=S)Nc1ccccc1. The molecule has 0 fully saturated rings. The van der Waals surface area contributed by atoms with Crippen molar-refractivity contribution in [2.24, 2.45) is 0 Å². The molecule has 0 spiro atoms. The van der Waals surface area contributed by atoms with Crippen LogP contribution in [0.4, 0.5) is 80.3 Å². The number of hydrogen-bond donors (Lipinski definition) is 2. The van der Waals surface area contributed by atoms with E-state index in [-0.39, 0.29) is 5.69 Å². The second kappa shape index (κ2) is 9.23. The first-order valence-electron chi connectivity index (χ1n) is 8.53. The Morgan fingerprint density at radius 2 is 0.917 bits per heavy atom. The maximum absolute atomic E-state index is 13.8. The first kappa shape index (κ1) is 31.7.